The highest BCUT2D eigenvalue weighted by Gasteiger charge is 2.31. The third kappa shape index (κ3) is 3.01. The Kier molecular flexibility index (Phi) is 3.94. The third-order valence-corrected chi connectivity index (χ3v) is 4.26. The summed E-state index contributed by atoms with van der Waals surface area (Å²) in [5.74, 6) is -3.27. The van der Waals surface area contributed by atoms with Crippen molar-refractivity contribution in [2.75, 3.05) is 6.61 Å². The van der Waals surface area contributed by atoms with Crippen molar-refractivity contribution in [3.8, 4) is 0 Å². The van der Waals surface area contributed by atoms with Crippen molar-refractivity contribution in [3.63, 3.8) is 0 Å². The lowest BCUT2D eigenvalue weighted by molar-refractivity contribution is -0.124. The summed E-state index contributed by atoms with van der Waals surface area (Å²) in [6.07, 6.45) is 0. The van der Waals surface area contributed by atoms with E-state index in [9.17, 15) is 22.4 Å². The van der Waals surface area contributed by atoms with Gasteiger partial charge in [0.25, 0.3) is 5.91 Å². The first-order valence-corrected chi connectivity index (χ1v) is 7.18. The molecule has 1 atom stereocenters. The van der Waals surface area contributed by atoms with Gasteiger partial charge in [-0.2, -0.15) is 4.72 Å². The normalized spacial score (nSPS) is 18.6. The molecule has 0 radical (unpaired) electrons. The molecule has 1 aromatic carbocycles. The maximum Gasteiger partial charge on any atom is 0.338 e. The van der Waals surface area contributed by atoms with Crippen molar-refractivity contribution in [3.05, 3.63) is 29.1 Å². The quantitative estimate of drug-likeness (QED) is 0.690. The minimum atomic E-state index is -4.19. The molecule has 1 heterocycles. The number of hydrogen-bond acceptors (Lipinski definition) is 5. The van der Waals surface area contributed by atoms with Crippen LogP contribution in [0.1, 0.15) is 15.9 Å². The molecule has 8 nitrogen and oxygen atoms in total. The Bertz CT molecular complexity index is 718. The molecule has 1 amide bonds. The van der Waals surface area contributed by atoms with Crippen LogP contribution in [0.15, 0.2) is 17.0 Å². The summed E-state index contributed by atoms with van der Waals surface area (Å²) in [7, 11) is -4.19. The van der Waals surface area contributed by atoms with Crippen LogP contribution in [0.25, 0.3) is 0 Å². The number of aromatic carboxylic acids is 1. The van der Waals surface area contributed by atoms with Gasteiger partial charge in [0.15, 0.2) is 0 Å². The van der Waals surface area contributed by atoms with E-state index in [-0.39, 0.29) is 12.2 Å². The Morgan fingerprint density at radius 2 is 2.19 bits per heavy atom. The van der Waals surface area contributed by atoms with Crippen LogP contribution in [0.3, 0.4) is 0 Å². The van der Waals surface area contributed by atoms with Gasteiger partial charge in [-0.1, -0.05) is 0 Å². The van der Waals surface area contributed by atoms with Gasteiger partial charge in [-0.25, -0.2) is 23.1 Å². The molecule has 10 heteroatoms. The van der Waals surface area contributed by atoms with E-state index in [2.05, 4.69) is 9.56 Å². The first kappa shape index (κ1) is 15.4. The number of sulfonamides is 1. The number of rotatable bonds is 4. The molecule has 114 valence electrons. The molecule has 1 aromatic rings. The largest absolute Gasteiger partial charge is 0.478 e. The first-order chi connectivity index (χ1) is 9.72. The Morgan fingerprint density at radius 3 is 2.71 bits per heavy atom. The molecular formula is C11H11FN2O6S. The summed E-state index contributed by atoms with van der Waals surface area (Å²) in [6.45, 7) is 1.04. The van der Waals surface area contributed by atoms with Crippen LogP contribution in [0.2, 0.25) is 0 Å². The van der Waals surface area contributed by atoms with Crippen molar-refractivity contribution < 1.29 is 32.3 Å². The van der Waals surface area contributed by atoms with E-state index in [1.54, 1.807) is 0 Å². The van der Waals surface area contributed by atoms with Crippen LogP contribution < -0.4 is 10.2 Å². The number of benzene rings is 1. The number of carbonyl (C=O) groups excluding carboxylic acids is 1. The van der Waals surface area contributed by atoms with E-state index < -0.39 is 44.2 Å². The number of hydroxylamine groups is 1. The summed E-state index contributed by atoms with van der Waals surface area (Å²) >= 11 is 0. The highest BCUT2D eigenvalue weighted by Crippen LogP contribution is 2.20. The molecule has 1 saturated heterocycles. The van der Waals surface area contributed by atoms with Crippen LogP contribution in [0.5, 0.6) is 0 Å². The number of aryl methyl sites for hydroxylation is 1. The Morgan fingerprint density at radius 1 is 1.52 bits per heavy atom. The van der Waals surface area contributed by atoms with Gasteiger partial charge >= 0.3 is 5.97 Å². The molecule has 0 saturated carbocycles. The second-order valence-electron chi connectivity index (χ2n) is 4.36. The number of hydrogen-bond donors (Lipinski definition) is 3. The standard InChI is InChI=1S/C11H11FN2O6S/c1-5-2-6(3-7(9(5)12)11(16)17)21(18,19)14-8-4-20-13-10(8)15/h2-3,8,14H,4H2,1H3,(H,13,15)(H,16,17)/t8-/m1/s1. The highest BCUT2D eigenvalue weighted by molar-refractivity contribution is 7.89. The molecule has 0 bridgehead atoms. The Labute approximate surface area is 118 Å². The zero-order valence-electron chi connectivity index (χ0n) is 10.7. The van der Waals surface area contributed by atoms with Gasteiger partial charge in [0.2, 0.25) is 10.0 Å². The average Bonchev–Trinajstić information content (AvgIpc) is 2.77. The summed E-state index contributed by atoms with van der Waals surface area (Å²) in [4.78, 5) is 26.3. The molecule has 3 N–H and O–H groups in total. The van der Waals surface area contributed by atoms with E-state index in [1.165, 1.54) is 6.92 Å². The van der Waals surface area contributed by atoms with Gasteiger partial charge in [0.1, 0.15) is 18.5 Å². The fourth-order valence-corrected chi connectivity index (χ4v) is 3.02. The molecule has 1 aliphatic heterocycles. The van der Waals surface area contributed by atoms with Crippen molar-refractivity contribution in [1.82, 2.24) is 10.2 Å². The number of halogens is 1. The summed E-state index contributed by atoms with van der Waals surface area (Å²) < 4.78 is 39.9. The van der Waals surface area contributed by atoms with Gasteiger partial charge in [-0.3, -0.25) is 9.63 Å². The zero-order chi connectivity index (χ0) is 15.8. The van der Waals surface area contributed by atoms with Gasteiger partial charge < -0.3 is 5.11 Å². The lowest BCUT2D eigenvalue weighted by Gasteiger charge is -2.11. The maximum absolute atomic E-state index is 13.6. The molecule has 0 aromatic heterocycles. The molecule has 1 aliphatic rings. The van der Waals surface area contributed by atoms with Gasteiger partial charge in [0, 0.05) is 0 Å². The minimum Gasteiger partial charge on any atom is -0.478 e. The van der Waals surface area contributed by atoms with E-state index >= 15 is 0 Å². The smallest absolute Gasteiger partial charge is 0.338 e. The molecule has 0 spiro atoms. The molecule has 2 rings (SSSR count). The molecule has 0 unspecified atom stereocenters. The number of nitrogens with one attached hydrogen (secondary N) is 2. The van der Waals surface area contributed by atoms with E-state index in [0.29, 0.717) is 6.07 Å². The van der Waals surface area contributed by atoms with Gasteiger partial charge in [-0.05, 0) is 24.6 Å². The average molecular weight is 318 g/mol. The Balaban J connectivity index is 2.40. The van der Waals surface area contributed by atoms with E-state index in [4.69, 9.17) is 5.11 Å². The van der Waals surface area contributed by atoms with Crippen LogP contribution in [0.4, 0.5) is 4.39 Å². The molecular weight excluding hydrogens is 307 g/mol. The molecule has 0 aliphatic carbocycles. The number of carboxylic acid groups (broad SMARTS) is 1. The fraction of sp³-hybridized carbons (Fsp3) is 0.273. The number of carboxylic acids is 1. The zero-order valence-corrected chi connectivity index (χ0v) is 11.5. The second-order valence-corrected chi connectivity index (χ2v) is 6.07. The first-order valence-electron chi connectivity index (χ1n) is 5.70. The second kappa shape index (κ2) is 5.39. The number of amides is 1. The SMILES string of the molecule is Cc1cc(S(=O)(=O)N[C@@H]2CONC2=O)cc(C(=O)O)c1F. The van der Waals surface area contributed by atoms with Crippen LogP contribution in [-0.2, 0) is 19.7 Å². The fourth-order valence-electron chi connectivity index (χ4n) is 1.73. The lowest BCUT2D eigenvalue weighted by Crippen LogP contribution is -2.41. The molecule has 21 heavy (non-hydrogen) atoms. The summed E-state index contributed by atoms with van der Waals surface area (Å²) in [5.41, 5.74) is 1.08. The minimum absolute atomic E-state index is 0.137. The third-order valence-electron chi connectivity index (χ3n) is 2.81. The van der Waals surface area contributed by atoms with E-state index in [1.807, 2.05) is 5.48 Å². The van der Waals surface area contributed by atoms with E-state index in [0.717, 1.165) is 6.07 Å². The monoisotopic (exact) mass is 318 g/mol. The van der Waals surface area contributed by atoms with Crippen LogP contribution in [0, 0.1) is 12.7 Å². The van der Waals surface area contributed by atoms with Crippen molar-refractivity contribution in [2.45, 2.75) is 17.9 Å². The topological polar surface area (TPSA) is 122 Å². The maximum atomic E-state index is 13.6. The van der Waals surface area contributed by atoms with Gasteiger partial charge in [-0.15, -0.1) is 0 Å². The van der Waals surface area contributed by atoms with Crippen molar-refractivity contribution in [1.29, 1.82) is 0 Å². The predicted molar refractivity (Wildman–Crippen MR) is 66.3 cm³/mol. The van der Waals surface area contributed by atoms with Crippen LogP contribution >= 0.6 is 0 Å². The summed E-state index contributed by atoms with van der Waals surface area (Å²) in [6, 6.07) is 0.548. The predicted octanol–water partition coefficient (Wildman–Crippen LogP) is -0.459. The van der Waals surface area contributed by atoms with Crippen molar-refractivity contribution in [2.24, 2.45) is 0 Å². The highest BCUT2D eigenvalue weighted by atomic mass is 32.2. The lowest BCUT2D eigenvalue weighted by atomic mass is 10.1. The Hall–Kier alpha value is -2.04. The number of carbonyl (C=O) groups is 2. The summed E-state index contributed by atoms with van der Waals surface area (Å²) in [5, 5.41) is 8.87. The molecule has 1 fully saturated rings. The van der Waals surface area contributed by atoms with Crippen molar-refractivity contribution >= 4 is 21.9 Å². The van der Waals surface area contributed by atoms with Crippen LogP contribution in [-0.4, -0.2) is 38.0 Å². The van der Waals surface area contributed by atoms with Gasteiger partial charge in [0.05, 0.1) is 10.5 Å².